The zero-order chi connectivity index (χ0) is 17.7. The Labute approximate surface area is 150 Å². The first-order valence-electron chi connectivity index (χ1n) is 9.31. The van der Waals surface area contributed by atoms with Gasteiger partial charge < -0.3 is 10.1 Å². The van der Waals surface area contributed by atoms with Gasteiger partial charge in [-0.1, -0.05) is 30.3 Å². The minimum atomic E-state index is -0.333. The largest absolute Gasteiger partial charge is 0.450 e. The van der Waals surface area contributed by atoms with E-state index in [0.29, 0.717) is 12.6 Å². The van der Waals surface area contributed by atoms with Crippen LogP contribution < -0.4 is 5.32 Å². The van der Waals surface area contributed by atoms with Crippen LogP contribution in [0.5, 0.6) is 0 Å². The Morgan fingerprint density at radius 3 is 2.68 bits per heavy atom. The molecule has 2 fully saturated rings. The number of carbonyl (C=O) groups excluding carboxylic acids is 1. The zero-order valence-electron chi connectivity index (χ0n) is 14.9. The fourth-order valence-corrected chi connectivity index (χ4v) is 4.26. The van der Waals surface area contributed by atoms with Gasteiger partial charge in [-0.2, -0.15) is 5.26 Å². The second-order valence-corrected chi connectivity index (χ2v) is 7.14. The van der Waals surface area contributed by atoms with Gasteiger partial charge in [-0.15, -0.1) is 0 Å². The van der Waals surface area contributed by atoms with E-state index in [4.69, 9.17) is 4.74 Å². The van der Waals surface area contributed by atoms with Crippen LogP contribution in [0.3, 0.4) is 0 Å². The van der Waals surface area contributed by atoms with Crippen molar-refractivity contribution in [3.05, 3.63) is 35.9 Å². The first kappa shape index (κ1) is 17.8. The smallest absolute Gasteiger partial charge is 0.407 e. The van der Waals surface area contributed by atoms with Crippen LogP contribution in [0.15, 0.2) is 30.3 Å². The molecule has 1 aliphatic heterocycles. The van der Waals surface area contributed by atoms with Crippen molar-refractivity contribution >= 4 is 6.09 Å². The summed E-state index contributed by atoms with van der Waals surface area (Å²) in [5.74, 6) is 0. The Hall–Kier alpha value is -2.06. The summed E-state index contributed by atoms with van der Waals surface area (Å²) < 4.78 is 4.97. The maximum absolute atomic E-state index is 11.6. The van der Waals surface area contributed by atoms with Gasteiger partial charge in [-0.25, -0.2) is 4.79 Å². The Morgan fingerprint density at radius 1 is 1.32 bits per heavy atom. The number of alkyl carbamates (subject to hydrolysis) is 1. The van der Waals surface area contributed by atoms with Gasteiger partial charge in [0.2, 0.25) is 0 Å². The fraction of sp³-hybridized carbons (Fsp3) is 0.600. The molecule has 0 radical (unpaired) electrons. The number of amides is 1. The van der Waals surface area contributed by atoms with E-state index in [0.717, 1.165) is 50.8 Å². The first-order valence-corrected chi connectivity index (χ1v) is 9.31. The van der Waals surface area contributed by atoms with Gasteiger partial charge in [-0.3, -0.25) is 4.90 Å². The molecule has 1 aromatic rings. The molecule has 1 saturated heterocycles. The van der Waals surface area contributed by atoms with E-state index in [2.05, 4.69) is 28.4 Å². The van der Waals surface area contributed by atoms with Gasteiger partial charge in [0.05, 0.1) is 18.1 Å². The van der Waals surface area contributed by atoms with Crippen molar-refractivity contribution in [3.63, 3.8) is 0 Å². The third-order valence-corrected chi connectivity index (χ3v) is 5.68. The fourth-order valence-electron chi connectivity index (χ4n) is 4.26. The summed E-state index contributed by atoms with van der Waals surface area (Å²) in [5.41, 5.74) is 0.819. The average molecular weight is 341 g/mol. The van der Waals surface area contributed by atoms with E-state index >= 15 is 0 Å². The van der Waals surface area contributed by atoms with Crippen LogP contribution in [0.1, 0.15) is 44.6 Å². The van der Waals surface area contributed by atoms with Crippen molar-refractivity contribution in [1.29, 1.82) is 5.26 Å². The first-order chi connectivity index (χ1) is 12.2. The summed E-state index contributed by atoms with van der Waals surface area (Å²) in [6.45, 7) is 4.11. The highest BCUT2D eigenvalue weighted by molar-refractivity contribution is 5.67. The highest BCUT2D eigenvalue weighted by Gasteiger charge is 2.40. The lowest BCUT2D eigenvalue weighted by Gasteiger charge is -2.39. The summed E-state index contributed by atoms with van der Waals surface area (Å²) in [4.78, 5) is 14.1. The number of benzene rings is 1. The number of ether oxygens (including phenoxy) is 1. The summed E-state index contributed by atoms with van der Waals surface area (Å²) in [7, 11) is 0. The van der Waals surface area contributed by atoms with Crippen LogP contribution in [0, 0.1) is 11.3 Å². The molecule has 1 aliphatic carbocycles. The van der Waals surface area contributed by atoms with E-state index in [1.807, 2.05) is 25.1 Å². The number of nitrogens with one attached hydrogen (secondary N) is 1. The van der Waals surface area contributed by atoms with Crippen molar-refractivity contribution in [1.82, 2.24) is 10.2 Å². The highest BCUT2D eigenvalue weighted by Crippen LogP contribution is 2.40. The molecule has 1 N–H and O–H groups in total. The van der Waals surface area contributed by atoms with Crippen LogP contribution in [0.4, 0.5) is 4.79 Å². The van der Waals surface area contributed by atoms with E-state index in [-0.39, 0.29) is 17.6 Å². The number of carbonyl (C=O) groups is 1. The predicted molar refractivity (Wildman–Crippen MR) is 96.1 cm³/mol. The predicted octanol–water partition coefficient (Wildman–Crippen LogP) is 3.21. The number of hydrogen-bond acceptors (Lipinski definition) is 4. The van der Waals surface area contributed by atoms with E-state index in [9.17, 15) is 10.1 Å². The molecule has 1 amide bonds. The molecule has 1 atom stereocenters. The Kier molecular flexibility index (Phi) is 5.60. The molecule has 134 valence electrons. The Morgan fingerprint density at radius 2 is 2.04 bits per heavy atom. The van der Waals surface area contributed by atoms with E-state index in [1.54, 1.807) is 0 Å². The lowest BCUT2D eigenvalue weighted by Crippen LogP contribution is -2.43. The molecule has 5 heteroatoms. The molecule has 1 saturated carbocycles. The maximum Gasteiger partial charge on any atom is 0.407 e. The topological polar surface area (TPSA) is 65.4 Å². The maximum atomic E-state index is 11.6. The summed E-state index contributed by atoms with van der Waals surface area (Å²) in [5, 5.41) is 12.8. The van der Waals surface area contributed by atoms with Crippen LogP contribution in [0.25, 0.3) is 0 Å². The molecule has 0 spiro atoms. The minimum Gasteiger partial charge on any atom is -0.450 e. The Bertz CT molecular complexity index is 618. The highest BCUT2D eigenvalue weighted by atomic mass is 16.5. The molecule has 3 rings (SSSR count). The number of nitrogens with zero attached hydrogens (tertiary/aromatic N) is 2. The van der Waals surface area contributed by atoms with Crippen molar-refractivity contribution < 1.29 is 9.53 Å². The lowest BCUT2D eigenvalue weighted by molar-refractivity contribution is 0.143. The molecule has 1 aromatic carbocycles. The molecule has 25 heavy (non-hydrogen) atoms. The van der Waals surface area contributed by atoms with E-state index < -0.39 is 0 Å². The molecular weight excluding hydrogens is 314 g/mol. The summed E-state index contributed by atoms with van der Waals surface area (Å²) >= 11 is 0. The number of nitriles is 1. The van der Waals surface area contributed by atoms with Crippen LogP contribution in [0.2, 0.25) is 0 Å². The second kappa shape index (κ2) is 7.88. The van der Waals surface area contributed by atoms with Crippen molar-refractivity contribution in [2.75, 3.05) is 19.7 Å². The van der Waals surface area contributed by atoms with Gasteiger partial charge in [0.15, 0.2) is 0 Å². The molecule has 0 bridgehead atoms. The lowest BCUT2D eigenvalue weighted by atomic mass is 9.69. The molecule has 1 heterocycles. The normalized spacial score (nSPS) is 29.8. The van der Waals surface area contributed by atoms with Gasteiger partial charge >= 0.3 is 6.09 Å². The number of likely N-dealkylation sites (tertiary alicyclic amines) is 1. The third kappa shape index (κ3) is 3.96. The van der Waals surface area contributed by atoms with Crippen molar-refractivity contribution in [2.45, 2.75) is 56.5 Å². The van der Waals surface area contributed by atoms with Crippen LogP contribution in [-0.2, 0) is 10.2 Å². The number of rotatable bonds is 4. The zero-order valence-corrected chi connectivity index (χ0v) is 14.9. The monoisotopic (exact) mass is 341 g/mol. The Balaban J connectivity index is 1.54. The van der Waals surface area contributed by atoms with Gasteiger partial charge in [0.1, 0.15) is 0 Å². The number of hydrogen-bond donors (Lipinski definition) is 1. The van der Waals surface area contributed by atoms with E-state index in [1.165, 1.54) is 0 Å². The third-order valence-electron chi connectivity index (χ3n) is 5.68. The van der Waals surface area contributed by atoms with Crippen molar-refractivity contribution in [3.8, 4) is 6.07 Å². The van der Waals surface area contributed by atoms with Crippen molar-refractivity contribution in [2.24, 2.45) is 0 Å². The SMILES string of the molecule is CCOC(=O)N[C@@H]1CCN(C2CCC(C#N)(c3ccccc3)CC2)C1. The average Bonchev–Trinajstić information content (AvgIpc) is 3.11. The second-order valence-electron chi connectivity index (χ2n) is 7.14. The van der Waals surface area contributed by atoms with Gasteiger partial charge in [0, 0.05) is 25.2 Å². The molecular formula is C20H27N3O2. The molecule has 0 aromatic heterocycles. The van der Waals surface area contributed by atoms with Gasteiger partial charge in [-0.05, 0) is 44.6 Å². The summed E-state index contributed by atoms with van der Waals surface area (Å²) in [6, 6.07) is 13.5. The summed E-state index contributed by atoms with van der Waals surface area (Å²) in [6.07, 6.45) is 4.54. The minimum absolute atomic E-state index is 0.177. The quantitative estimate of drug-likeness (QED) is 0.913. The molecule has 2 aliphatic rings. The standard InChI is InChI=1S/C20H27N3O2/c1-2-25-19(24)22-17-10-13-23(14-17)18-8-11-20(15-21,12-9-18)16-6-4-3-5-7-16/h3-7,17-18H,2,8-14H2,1H3,(H,22,24)/t17-,18?,20?/m1/s1. The molecule has 5 nitrogen and oxygen atoms in total. The van der Waals surface area contributed by atoms with Crippen LogP contribution >= 0.6 is 0 Å². The van der Waals surface area contributed by atoms with Crippen LogP contribution in [-0.4, -0.2) is 42.8 Å². The molecule has 0 unspecified atom stereocenters. The van der Waals surface area contributed by atoms with Gasteiger partial charge in [0.25, 0.3) is 0 Å².